The van der Waals surface area contributed by atoms with E-state index in [0.29, 0.717) is 28.0 Å². The minimum Gasteiger partial charge on any atom is -0.299 e. The predicted octanol–water partition coefficient (Wildman–Crippen LogP) is 8.23. The minimum atomic E-state index is -0.208. The highest BCUT2D eigenvalue weighted by molar-refractivity contribution is 9.10. The minimum absolute atomic E-state index is 0.208. The van der Waals surface area contributed by atoms with Crippen molar-refractivity contribution in [2.45, 2.75) is 81.6 Å². The van der Waals surface area contributed by atoms with Gasteiger partial charge in [-0.25, -0.2) is 4.39 Å². The molecule has 0 aliphatic heterocycles. The van der Waals surface area contributed by atoms with Crippen LogP contribution in [-0.2, 0) is 4.79 Å². The Morgan fingerprint density at radius 2 is 1.58 bits per heavy atom. The number of carbonyl (C=O) groups excluding carboxylic acids is 1. The molecule has 1 rings (SSSR count). The Bertz CT molecular complexity index is 495. The molecule has 0 radical (unpaired) electrons. The van der Waals surface area contributed by atoms with Gasteiger partial charge in [-0.1, -0.05) is 74.3 Å². The van der Waals surface area contributed by atoms with Gasteiger partial charge in [0.1, 0.15) is 11.6 Å². The molecular formula is C23H40BrFO. The lowest BCUT2D eigenvalue weighted by Gasteiger charge is -2.26. The zero-order valence-corrected chi connectivity index (χ0v) is 19.9. The maximum atomic E-state index is 12.5. The van der Waals surface area contributed by atoms with Crippen LogP contribution >= 0.6 is 15.9 Å². The van der Waals surface area contributed by atoms with Crippen molar-refractivity contribution in [1.29, 1.82) is 0 Å². The summed E-state index contributed by atoms with van der Waals surface area (Å²) in [5, 5.41) is 0. The van der Waals surface area contributed by atoms with Gasteiger partial charge in [-0.05, 0) is 58.3 Å². The monoisotopic (exact) mass is 430 g/mol. The smallest absolute Gasteiger partial charge is 0.137 e. The molecule has 26 heavy (non-hydrogen) atoms. The van der Waals surface area contributed by atoms with E-state index in [0.717, 1.165) is 12.0 Å². The fraction of sp³-hybridized carbons (Fsp3) is 0.696. The molecule has 3 heteroatoms. The first-order valence-corrected chi connectivity index (χ1v) is 10.9. The van der Waals surface area contributed by atoms with Gasteiger partial charge in [0, 0.05) is 12.3 Å². The lowest BCUT2D eigenvalue weighted by molar-refractivity contribution is -0.125. The molecular weight excluding hydrogens is 391 g/mol. The van der Waals surface area contributed by atoms with E-state index in [2.05, 4.69) is 57.5 Å². The number of hydrogen-bond acceptors (Lipinski definition) is 1. The number of Topliss-reactive ketones (excluding diaryl/α,β-unsaturated/α-hetero) is 1. The van der Waals surface area contributed by atoms with Crippen LogP contribution in [0.4, 0.5) is 4.39 Å². The molecule has 2 unspecified atom stereocenters. The van der Waals surface area contributed by atoms with Crippen molar-refractivity contribution in [2.75, 3.05) is 0 Å². The van der Waals surface area contributed by atoms with Crippen LogP contribution in [0.3, 0.4) is 0 Å². The maximum Gasteiger partial charge on any atom is 0.137 e. The highest BCUT2D eigenvalue weighted by Gasteiger charge is 2.25. The van der Waals surface area contributed by atoms with Gasteiger partial charge in [-0.2, -0.15) is 0 Å². The van der Waals surface area contributed by atoms with E-state index in [1.807, 2.05) is 20.8 Å². The zero-order chi connectivity index (χ0) is 20.9. The van der Waals surface area contributed by atoms with Crippen molar-refractivity contribution in [1.82, 2.24) is 0 Å². The molecule has 152 valence electrons. The molecule has 0 saturated heterocycles. The molecule has 0 amide bonds. The highest BCUT2D eigenvalue weighted by Crippen LogP contribution is 2.28. The summed E-state index contributed by atoms with van der Waals surface area (Å²) in [7, 11) is 0. The molecule has 2 atom stereocenters. The Labute approximate surface area is 170 Å². The van der Waals surface area contributed by atoms with Crippen LogP contribution in [0.5, 0.6) is 0 Å². The van der Waals surface area contributed by atoms with Crippen LogP contribution < -0.4 is 0 Å². The quantitative estimate of drug-likeness (QED) is 0.425. The number of benzene rings is 1. The van der Waals surface area contributed by atoms with E-state index in [1.54, 1.807) is 12.1 Å². The van der Waals surface area contributed by atoms with Crippen molar-refractivity contribution in [3.8, 4) is 0 Å². The van der Waals surface area contributed by atoms with Gasteiger partial charge in [0.15, 0.2) is 0 Å². The maximum absolute atomic E-state index is 12.5. The van der Waals surface area contributed by atoms with Gasteiger partial charge < -0.3 is 0 Å². The number of aryl methyl sites for hydroxylation is 1. The molecule has 0 heterocycles. The first-order chi connectivity index (χ1) is 12.1. The summed E-state index contributed by atoms with van der Waals surface area (Å²) in [6.45, 7) is 19.0. The Morgan fingerprint density at radius 3 is 1.92 bits per heavy atom. The second kappa shape index (κ2) is 15.4. The average Bonchev–Trinajstić information content (AvgIpc) is 2.60. The SMILES string of the molecule is CC.CCC(CC)C(C)C(C)C(=O)CC(C)C.Cc1ccc(F)c(Br)c1. The van der Waals surface area contributed by atoms with Crippen molar-refractivity contribution >= 4 is 21.7 Å². The third-order valence-corrected chi connectivity index (χ3v) is 5.38. The van der Waals surface area contributed by atoms with E-state index in [-0.39, 0.29) is 11.7 Å². The van der Waals surface area contributed by atoms with Crippen LogP contribution in [0.1, 0.15) is 80.2 Å². The lowest BCUT2D eigenvalue weighted by Crippen LogP contribution is -2.25. The lowest BCUT2D eigenvalue weighted by atomic mass is 9.78. The summed E-state index contributed by atoms with van der Waals surface area (Å²) in [5.74, 6) is 2.21. The number of rotatable bonds is 7. The summed E-state index contributed by atoms with van der Waals surface area (Å²) >= 11 is 3.07. The highest BCUT2D eigenvalue weighted by atomic mass is 79.9. The molecule has 1 aromatic carbocycles. The van der Waals surface area contributed by atoms with Crippen LogP contribution in [0, 0.1) is 36.4 Å². The summed E-state index contributed by atoms with van der Waals surface area (Å²) in [5.41, 5.74) is 1.06. The number of ketones is 1. The van der Waals surface area contributed by atoms with Gasteiger partial charge in [-0.3, -0.25) is 4.79 Å². The van der Waals surface area contributed by atoms with Crippen LogP contribution in [0.15, 0.2) is 22.7 Å². The molecule has 1 aromatic rings. The molecule has 0 fully saturated rings. The van der Waals surface area contributed by atoms with Crippen molar-refractivity contribution in [3.05, 3.63) is 34.1 Å². The van der Waals surface area contributed by atoms with E-state index in [1.165, 1.54) is 18.9 Å². The van der Waals surface area contributed by atoms with Gasteiger partial charge in [-0.15, -0.1) is 0 Å². The third kappa shape index (κ3) is 11.1. The predicted molar refractivity (Wildman–Crippen MR) is 117 cm³/mol. The fourth-order valence-electron chi connectivity index (χ4n) is 2.92. The molecule has 0 spiro atoms. The van der Waals surface area contributed by atoms with Gasteiger partial charge in [0.2, 0.25) is 0 Å². The van der Waals surface area contributed by atoms with Crippen molar-refractivity contribution in [2.24, 2.45) is 23.7 Å². The van der Waals surface area contributed by atoms with Gasteiger partial charge in [0.05, 0.1) is 4.47 Å². The van der Waals surface area contributed by atoms with E-state index in [4.69, 9.17) is 0 Å². The van der Waals surface area contributed by atoms with Crippen LogP contribution in [-0.4, -0.2) is 5.78 Å². The van der Waals surface area contributed by atoms with Crippen LogP contribution in [0.2, 0.25) is 0 Å². The third-order valence-electron chi connectivity index (χ3n) is 4.77. The fourth-order valence-corrected chi connectivity index (χ4v) is 3.42. The molecule has 0 N–H and O–H groups in total. The molecule has 0 saturated carbocycles. The summed E-state index contributed by atoms with van der Waals surface area (Å²) in [6, 6.07) is 4.93. The van der Waals surface area contributed by atoms with E-state index in [9.17, 15) is 9.18 Å². The number of halogens is 2. The second-order valence-corrected chi connectivity index (χ2v) is 8.06. The van der Waals surface area contributed by atoms with Gasteiger partial charge in [0.25, 0.3) is 0 Å². The average molecular weight is 431 g/mol. The topological polar surface area (TPSA) is 17.1 Å². The Balaban J connectivity index is 0. The van der Waals surface area contributed by atoms with Gasteiger partial charge >= 0.3 is 0 Å². The summed E-state index contributed by atoms with van der Waals surface area (Å²) in [6.07, 6.45) is 3.12. The molecule has 1 nitrogen and oxygen atoms in total. The Hall–Kier alpha value is -0.700. The molecule has 0 aliphatic carbocycles. The standard InChI is InChI=1S/C14H28O.C7H6BrF.C2H6/c1-7-13(8-2)11(5)12(6)14(15)9-10(3)4;1-5-2-3-7(9)6(8)4-5;1-2/h10-13H,7-9H2,1-6H3;2-4H,1H3;1-2H3. The normalized spacial score (nSPS) is 12.7. The van der Waals surface area contributed by atoms with Crippen molar-refractivity contribution < 1.29 is 9.18 Å². The number of hydrogen-bond donors (Lipinski definition) is 0. The van der Waals surface area contributed by atoms with Crippen molar-refractivity contribution in [3.63, 3.8) is 0 Å². The molecule has 0 aliphatic rings. The number of carbonyl (C=O) groups is 1. The van der Waals surface area contributed by atoms with E-state index < -0.39 is 0 Å². The summed E-state index contributed by atoms with van der Waals surface area (Å²) < 4.78 is 13.0. The molecule has 0 aromatic heterocycles. The summed E-state index contributed by atoms with van der Waals surface area (Å²) in [4.78, 5) is 11.9. The first-order valence-electron chi connectivity index (χ1n) is 10.1. The first kappa shape index (κ1) is 27.5. The Morgan fingerprint density at radius 1 is 1.08 bits per heavy atom. The second-order valence-electron chi connectivity index (χ2n) is 7.21. The Kier molecular flexibility index (Phi) is 16.3. The van der Waals surface area contributed by atoms with Crippen LogP contribution in [0.25, 0.3) is 0 Å². The zero-order valence-electron chi connectivity index (χ0n) is 18.3. The molecule has 0 bridgehead atoms. The largest absolute Gasteiger partial charge is 0.299 e. The van der Waals surface area contributed by atoms with E-state index >= 15 is 0 Å².